The molecular formula is C24H23N5S2. The van der Waals surface area contributed by atoms with Crippen LogP contribution in [0, 0.1) is 0 Å². The molecule has 6 rings (SSSR count). The van der Waals surface area contributed by atoms with E-state index in [4.69, 9.17) is 9.97 Å². The van der Waals surface area contributed by atoms with Gasteiger partial charge in [-0.2, -0.15) is 0 Å². The van der Waals surface area contributed by atoms with Gasteiger partial charge in [0.25, 0.3) is 0 Å². The van der Waals surface area contributed by atoms with Gasteiger partial charge in [-0.3, -0.25) is 4.40 Å². The summed E-state index contributed by atoms with van der Waals surface area (Å²) in [5.74, 6) is 0.863. The fourth-order valence-electron chi connectivity index (χ4n) is 4.59. The molecule has 31 heavy (non-hydrogen) atoms. The van der Waals surface area contributed by atoms with Crippen molar-refractivity contribution in [3.8, 4) is 0 Å². The van der Waals surface area contributed by atoms with Crippen molar-refractivity contribution in [2.45, 2.75) is 56.4 Å². The van der Waals surface area contributed by atoms with Crippen LogP contribution in [0.1, 0.15) is 48.6 Å². The molecule has 0 radical (unpaired) electrons. The Kier molecular flexibility index (Phi) is 4.88. The number of thioether (sulfide) groups is 1. The molecule has 0 atom stereocenters. The van der Waals surface area contributed by atoms with Crippen LogP contribution >= 0.6 is 23.1 Å². The van der Waals surface area contributed by atoms with Gasteiger partial charge >= 0.3 is 0 Å². The molecule has 7 heteroatoms. The van der Waals surface area contributed by atoms with Crippen molar-refractivity contribution in [3.63, 3.8) is 0 Å². The predicted molar refractivity (Wildman–Crippen MR) is 128 cm³/mol. The maximum Gasteiger partial charge on any atom is 0.197 e. The highest BCUT2D eigenvalue weighted by Gasteiger charge is 2.24. The lowest BCUT2D eigenvalue weighted by molar-refractivity contribution is 0.770. The van der Waals surface area contributed by atoms with E-state index >= 15 is 0 Å². The van der Waals surface area contributed by atoms with E-state index in [0.29, 0.717) is 0 Å². The minimum absolute atomic E-state index is 0.863. The Morgan fingerprint density at radius 1 is 1.10 bits per heavy atom. The van der Waals surface area contributed by atoms with E-state index in [1.54, 1.807) is 23.1 Å². The fourth-order valence-corrected chi connectivity index (χ4v) is 6.60. The van der Waals surface area contributed by atoms with Gasteiger partial charge in [-0.15, -0.1) is 21.5 Å². The van der Waals surface area contributed by atoms with Crippen molar-refractivity contribution in [1.29, 1.82) is 0 Å². The number of hydrogen-bond donors (Lipinski definition) is 0. The van der Waals surface area contributed by atoms with Gasteiger partial charge in [-0.05, 0) is 48.8 Å². The summed E-state index contributed by atoms with van der Waals surface area (Å²) in [6, 6.07) is 10.5. The number of pyridine rings is 1. The summed E-state index contributed by atoms with van der Waals surface area (Å²) in [4.78, 5) is 11.1. The lowest BCUT2D eigenvalue weighted by atomic mass is 10.0. The zero-order valence-electron chi connectivity index (χ0n) is 17.5. The Labute approximate surface area is 188 Å². The van der Waals surface area contributed by atoms with Crippen LogP contribution in [0.2, 0.25) is 0 Å². The van der Waals surface area contributed by atoms with Gasteiger partial charge in [0.05, 0.1) is 5.52 Å². The van der Waals surface area contributed by atoms with Crippen molar-refractivity contribution in [2.24, 2.45) is 0 Å². The van der Waals surface area contributed by atoms with Crippen molar-refractivity contribution >= 4 is 49.2 Å². The highest BCUT2D eigenvalue weighted by molar-refractivity contribution is 7.98. The molecule has 0 saturated heterocycles. The number of rotatable bonds is 6. The van der Waals surface area contributed by atoms with Gasteiger partial charge in [0.1, 0.15) is 15.9 Å². The third-order valence-electron chi connectivity index (χ3n) is 6.12. The van der Waals surface area contributed by atoms with E-state index in [1.807, 2.05) is 16.8 Å². The molecule has 0 fully saturated rings. The maximum atomic E-state index is 5.13. The third-order valence-corrected chi connectivity index (χ3v) is 8.20. The number of fused-ring (bicyclic) bond motifs is 7. The Bertz CT molecular complexity index is 1400. The Morgan fingerprint density at radius 3 is 2.84 bits per heavy atom. The van der Waals surface area contributed by atoms with Crippen LogP contribution < -0.4 is 0 Å². The maximum absolute atomic E-state index is 5.13. The van der Waals surface area contributed by atoms with Gasteiger partial charge in [0.15, 0.2) is 10.8 Å². The first-order valence-electron chi connectivity index (χ1n) is 11.0. The van der Waals surface area contributed by atoms with Gasteiger partial charge in [0, 0.05) is 16.8 Å². The fraction of sp³-hybridized carbons (Fsp3) is 0.333. The molecule has 0 bridgehead atoms. The van der Waals surface area contributed by atoms with Crippen molar-refractivity contribution < 1.29 is 0 Å². The number of nitrogens with zero attached hydrogens (tertiary/aromatic N) is 5. The largest absolute Gasteiger partial charge is 0.259 e. The lowest BCUT2D eigenvalue weighted by Gasteiger charge is -2.08. The number of thiophene rings is 1. The number of aryl methyl sites for hydroxylation is 2. The van der Waals surface area contributed by atoms with Gasteiger partial charge in [-0.1, -0.05) is 55.4 Å². The van der Waals surface area contributed by atoms with E-state index < -0.39 is 0 Å². The Hall–Kier alpha value is -2.51. The summed E-state index contributed by atoms with van der Waals surface area (Å²) < 4.78 is 3.13. The molecule has 4 heterocycles. The highest BCUT2D eigenvalue weighted by atomic mass is 32.2. The predicted octanol–water partition coefficient (Wildman–Crippen LogP) is 6.01. The van der Waals surface area contributed by atoms with Crippen LogP contribution in [-0.2, 0) is 25.0 Å². The van der Waals surface area contributed by atoms with Crippen LogP contribution in [0.25, 0.3) is 26.1 Å². The monoisotopic (exact) mass is 445 g/mol. The third kappa shape index (κ3) is 3.22. The summed E-state index contributed by atoms with van der Waals surface area (Å²) in [7, 11) is 0. The van der Waals surface area contributed by atoms with E-state index in [0.717, 1.165) is 50.9 Å². The number of aromatic nitrogens is 5. The molecule has 5 aromatic rings. The average molecular weight is 446 g/mol. The van der Waals surface area contributed by atoms with Gasteiger partial charge in [-0.25, -0.2) is 9.97 Å². The minimum atomic E-state index is 0.863. The molecule has 1 aliphatic rings. The second-order valence-electron chi connectivity index (χ2n) is 8.13. The summed E-state index contributed by atoms with van der Waals surface area (Å²) in [6.07, 6.45) is 8.89. The van der Waals surface area contributed by atoms with Crippen LogP contribution in [0.4, 0.5) is 0 Å². The highest BCUT2D eigenvalue weighted by Crippen LogP contribution is 2.41. The Morgan fingerprint density at radius 2 is 1.97 bits per heavy atom. The molecule has 0 unspecified atom stereocenters. The first-order valence-corrected chi connectivity index (χ1v) is 12.8. The molecule has 0 aliphatic heterocycles. The standard InChI is InChI=1S/C24H23N5S2/c1-2-3-12-18-16-10-7-11-17(16)19-20-21(31-23(19)26-18)22-27-28-24(29(22)14-25-20)30-13-15-8-5-4-6-9-15/h4-6,8-9,14H,2-3,7,10-13H2,1H3. The van der Waals surface area contributed by atoms with Gasteiger partial charge in [0.2, 0.25) is 0 Å². The molecule has 0 amide bonds. The van der Waals surface area contributed by atoms with Crippen molar-refractivity contribution in [1.82, 2.24) is 24.6 Å². The van der Waals surface area contributed by atoms with Gasteiger partial charge < -0.3 is 0 Å². The number of hydrogen-bond acceptors (Lipinski definition) is 6. The van der Waals surface area contributed by atoms with Crippen LogP contribution in [0.15, 0.2) is 41.8 Å². The SMILES string of the molecule is CCCCc1nc2sc3c(ncn4c(SCc5ccccc5)nnc34)c2c2c1CCC2. The normalized spacial score (nSPS) is 13.6. The zero-order valence-corrected chi connectivity index (χ0v) is 19.1. The Balaban J connectivity index is 1.46. The first kappa shape index (κ1) is 19.2. The van der Waals surface area contributed by atoms with E-state index in [1.165, 1.54) is 47.0 Å². The van der Waals surface area contributed by atoms with Crippen molar-refractivity contribution in [2.75, 3.05) is 0 Å². The summed E-state index contributed by atoms with van der Waals surface area (Å²) in [6.45, 7) is 2.25. The summed E-state index contributed by atoms with van der Waals surface area (Å²) in [5.41, 5.74) is 7.50. The molecule has 0 spiro atoms. The van der Waals surface area contributed by atoms with Crippen LogP contribution in [-0.4, -0.2) is 24.6 Å². The molecule has 4 aromatic heterocycles. The quantitative estimate of drug-likeness (QED) is 0.300. The number of unbranched alkanes of at least 4 members (excludes halogenated alkanes) is 1. The zero-order chi connectivity index (χ0) is 20.8. The molecule has 5 nitrogen and oxygen atoms in total. The summed E-state index contributed by atoms with van der Waals surface area (Å²) in [5, 5.41) is 11.2. The molecule has 156 valence electrons. The van der Waals surface area contributed by atoms with E-state index in [-0.39, 0.29) is 0 Å². The summed E-state index contributed by atoms with van der Waals surface area (Å²) >= 11 is 3.42. The molecular weight excluding hydrogens is 422 g/mol. The first-order chi connectivity index (χ1) is 15.3. The second kappa shape index (κ2) is 7.88. The molecule has 1 aromatic carbocycles. The van der Waals surface area contributed by atoms with E-state index in [2.05, 4.69) is 41.4 Å². The second-order valence-corrected chi connectivity index (χ2v) is 10.1. The average Bonchev–Trinajstić information content (AvgIpc) is 3.52. The molecule has 0 saturated carbocycles. The minimum Gasteiger partial charge on any atom is -0.259 e. The topological polar surface area (TPSA) is 56.0 Å². The smallest absolute Gasteiger partial charge is 0.197 e. The van der Waals surface area contributed by atoms with Crippen LogP contribution in [0.5, 0.6) is 0 Å². The number of benzene rings is 1. The molecule has 0 N–H and O–H groups in total. The van der Waals surface area contributed by atoms with Crippen molar-refractivity contribution in [3.05, 3.63) is 59.0 Å². The lowest BCUT2D eigenvalue weighted by Crippen LogP contribution is -1.98. The van der Waals surface area contributed by atoms with Crippen LogP contribution in [0.3, 0.4) is 0 Å². The van der Waals surface area contributed by atoms with E-state index in [9.17, 15) is 0 Å². The molecule has 1 aliphatic carbocycles.